The van der Waals surface area contributed by atoms with Crippen LogP contribution in [0.1, 0.15) is 32.1 Å². The van der Waals surface area contributed by atoms with E-state index < -0.39 is 0 Å². The summed E-state index contributed by atoms with van der Waals surface area (Å²) in [6.07, 6.45) is 5.04. The molecule has 6 heteroatoms. The Hall–Kier alpha value is -1.14. The number of amides is 2. The van der Waals surface area contributed by atoms with Crippen LogP contribution < -0.4 is 11.1 Å². The fourth-order valence-electron chi connectivity index (χ4n) is 3.25. The molecule has 0 aromatic carbocycles. The molecule has 2 rings (SSSR count). The minimum absolute atomic E-state index is 0.265. The van der Waals surface area contributed by atoms with E-state index in [1.807, 2.05) is 9.80 Å². The number of primary amides is 1. The average Bonchev–Trinajstić information content (AvgIpc) is 2.71. The summed E-state index contributed by atoms with van der Waals surface area (Å²) in [7, 11) is 0. The maximum absolute atomic E-state index is 12.3. The first-order valence-electron chi connectivity index (χ1n) is 8.14. The second-order valence-corrected chi connectivity index (χ2v) is 6.23. The maximum Gasteiger partial charge on any atom is 0.231 e. The van der Waals surface area contributed by atoms with Crippen molar-refractivity contribution < 1.29 is 9.59 Å². The highest BCUT2D eigenvalue weighted by Gasteiger charge is 2.21. The molecule has 21 heavy (non-hydrogen) atoms. The van der Waals surface area contributed by atoms with Gasteiger partial charge in [0.2, 0.25) is 11.8 Å². The van der Waals surface area contributed by atoms with Crippen LogP contribution in [0.5, 0.6) is 0 Å². The van der Waals surface area contributed by atoms with Crippen LogP contribution in [0.2, 0.25) is 0 Å². The van der Waals surface area contributed by atoms with Crippen LogP contribution in [-0.4, -0.2) is 67.4 Å². The molecule has 3 N–H and O–H groups in total. The molecule has 120 valence electrons. The van der Waals surface area contributed by atoms with Gasteiger partial charge in [-0.15, -0.1) is 0 Å². The lowest BCUT2D eigenvalue weighted by Gasteiger charge is -2.25. The Morgan fingerprint density at radius 2 is 2.00 bits per heavy atom. The lowest BCUT2D eigenvalue weighted by molar-refractivity contribution is -0.131. The van der Waals surface area contributed by atoms with Crippen molar-refractivity contribution in [1.29, 1.82) is 0 Å². The third kappa shape index (κ3) is 5.63. The van der Waals surface area contributed by atoms with E-state index in [0.717, 1.165) is 52.1 Å². The van der Waals surface area contributed by atoms with Gasteiger partial charge in [0.05, 0.1) is 6.54 Å². The first kappa shape index (κ1) is 16.2. The van der Waals surface area contributed by atoms with E-state index in [1.165, 1.54) is 12.8 Å². The fraction of sp³-hybridized carbons (Fsp3) is 0.867. The van der Waals surface area contributed by atoms with E-state index in [9.17, 15) is 9.59 Å². The lowest BCUT2D eigenvalue weighted by Crippen LogP contribution is -2.38. The van der Waals surface area contributed by atoms with Crippen molar-refractivity contribution in [1.82, 2.24) is 15.1 Å². The zero-order valence-corrected chi connectivity index (χ0v) is 12.9. The van der Waals surface area contributed by atoms with Gasteiger partial charge in [0.1, 0.15) is 0 Å². The Kier molecular flexibility index (Phi) is 6.45. The largest absolute Gasteiger partial charge is 0.369 e. The normalized spacial score (nSPS) is 24.6. The molecule has 0 radical (unpaired) electrons. The molecular weight excluding hydrogens is 268 g/mol. The molecule has 0 spiro atoms. The first-order chi connectivity index (χ1) is 10.1. The summed E-state index contributed by atoms with van der Waals surface area (Å²) in [6.45, 7) is 5.59. The van der Waals surface area contributed by atoms with E-state index in [0.29, 0.717) is 18.9 Å². The molecule has 2 aliphatic rings. The van der Waals surface area contributed by atoms with Crippen molar-refractivity contribution in [2.45, 2.75) is 32.1 Å². The van der Waals surface area contributed by atoms with Crippen LogP contribution >= 0.6 is 0 Å². The quantitative estimate of drug-likeness (QED) is 0.735. The summed E-state index contributed by atoms with van der Waals surface area (Å²) in [6, 6.07) is 0. The number of hydrogen-bond acceptors (Lipinski definition) is 4. The van der Waals surface area contributed by atoms with Gasteiger partial charge in [0.15, 0.2) is 0 Å². The highest BCUT2D eigenvalue weighted by atomic mass is 16.2. The van der Waals surface area contributed by atoms with Crippen molar-refractivity contribution in [2.75, 3.05) is 45.8 Å². The second-order valence-electron chi connectivity index (χ2n) is 6.23. The van der Waals surface area contributed by atoms with Gasteiger partial charge in [-0.25, -0.2) is 0 Å². The van der Waals surface area contributed by atoms with E-state index in [2.05, 4.69) is 5.32 Å². The van der Waals surface area contributed by atoms with Gasteiger partial charge in [-0.3, -0.25) is 14.5 Å². The molecule has 2 amide bonds. The summed E-state index contributed by atoms with van der Waals surface area (Å²) in [5.74, 6) is 0.627. The summed E-state index contributed by atoms with van der Waals surface area (Å²) in [5, 5.41) is 3.40. The molecule has 1 unspecified atom stereocenters. The molecular formula is C15H28N4O2. The standard InChI is InChI=1S/C15H28N4O2/c16-14(20)12-18-7-2-8-19(10-9-18)15(21)5-4-13-3-1-6-17-11-13/h13,17H,1-12H2,(H2,16,20). The molecule has 0 aromatic heterocycles. The molecule has 2 aliphatic heterocycles. The Bertz CT molecular complexity index is 356. The molecule has 0 aliphatic carbocycles. The number of piperidine rings is 1. The SMILES string of the molecule is NC(=O)CN1CCCN(C(=O)CCC2CCCNC2)CC1. The van der Waals surface area contributed by atoms with Gasteiger partial charge >= 0.3 is 0 Å². The molecule has 1 atom stereocenters. The summed E-state index contributed by atoms with van der Waals surface area (Å²) in [5.41, 5.74) is 5.23. The number of carbonyl (C=O) groups is 2. The van der Waals surface area contributed by atoms with Crippen LogP contribution in [0, 0.1) is 5.92 Å². The Balaban J connectivity index is 1.70. The summed E-state index contributed by atoms with van der Waals surface area (Å²) in [4.78, 5) is 27.3. The van der Waals surface area contributed by atoms with Crippen LogP contribution in [0.15, 0.2) is 0 Å². The molecule has 2 fully saturated rings. The minimum atomic E-state index is -0.292. The highest BCUT2D eigenvalue weighted by molar-refractivity contribution is 5.76. The number of nitrogens with zero attached hydrogens (tertiary/aromatic N) is 2. The van der Waals surface area contributed by atoms with Crippen LogP contribution in [-0.2, 0) is 9.59 Å². The average molecular weight is 296 g/mol. The lowest BCUT2D eigenvalue weighted by atomic mass is 9.94. The van der Waals surface area contributed by atoms with Crippen molar-refractivity contribution in [3.63, 3.8) is 0 Å². The van der Waals surface area contributed by atoms with Gasteiger partial charge in [0, 0.05) is 32.6 Å². The summed E-state index contributed by atoms with van der Waals surface area (Å²) < 4.78 is 0. The zero-order chi connectivity index (χ0) is 15.1. The van der Waals surface area contributed by atoms with Crippen molar-refractivity contribution >= 4 is 11.8 Å². The first-order valence-corrected chi connectivity index (χ1v) is 8.14. The monoisotopic (exact) mass is 296 g/mol. The third-order valence-electron chi connectivity index (χ3n) is 4.49. The van der Waals surface area contributed by atoms with Crippen molar-refractivity contribution in [3.8, 4) is 0 Å². The molecule has 0 aromatic rings. The molecule has 6 nitrogen and oxygen atoms in total. The number of nitrogens with one attached hydrogen (secondary N) is 1. The molecule has 2 heterocycles. The van der Waals surface area contributed by atoms with Gasteiger partial charge in [-0.2, -0.15) is 0 Å². The number of nitrogens with two attached hydrogens (primary N) is 1. The minimum Gasteiger partial charge on any atom is -0.369 e. The Morgan fingerprint density at radius 3 is 2.71 bits per heavy atom. The summed E-state index contributed by atoms with van der Waals surface area (Å²) >= 11 is 0. The van der Waals surface area contributed by atoms with Crippen LogP contribution in [0.3, 0.4) is 0 Å². The van der Waals surface area contributed by atoms with Crippen molar-refractivity contribution in [2.24, 2.45) is 11.7 Å². The van der Waals surface area contributed by atoms with Gasteiger partial charge in [0.25, 0.3) is 0 Å². The van der Waals surface area contributed by atoms with E-state index in [1.54, 1.807) is 0 Å². The zero-order valence-electron chi connectivity index (χ0n) is 12.9. The number of rotatable bonds is 5. The molecule has 0 bridgehead atoms. The highest BCUT2D eigenvalue weighted by Crippen LogP contribution is 2.17. The Labute approximate surface area is 127 Å². The molecule has 0 saturated carbocycles. The van der Waals surface area contributed by atoms with E-state index in [4.69, 9.17) is 5.73 Å². The van der Waals surface area contributed by atoms with Crippen molar-refractivity contribution in [3.05, 3.63) is 0 Å². The smallest absolute Gasteiger partial charge is 0.231 e. The maximum atomic E-state index is 12.3. The van der Waals surface area contributed by atoms with Crippen LogP contribution in [0.4, 0.5) is 0 Å². The van der Waals surface area contributed by atoms with Gasteiger partial charge in [-0.05, 0) is 44.7 Å². The van der Waals surface area contributed by atoms with E-state index >= 15 is 0 Å². The fourth-order valence-corrected chi connectivity index (χ4v) is 3.25. The second kappa shape index (κ2) is 8.34. The number of hydrogen-bond donors (Lipinski definition) is 2. The van der Waals surface area contributed by atoms with Crippen LogP contribution in [0.25, 0.3) is 0 Å². The van der Waals surface area contributed by atoms with E-state index in [-0.39, 0.29) is 11.8 Å². The topological polar surface area (TPSA) is 78.7 Å². The third-order valence-corrected chi connectivity index (χ3v) is 4.49. The Morgan fingerprint density at radius 1 is 1.14 bits per heavy atom. The predicted octanol–water partition coefficient (Wildman–Crippen LogP) is -0.214. The van der Waals surface area contributed by atoms with Gasteiger partial charge in [-0.1, -0.05) is 0 Å². The number of carbonyl (C=O) groups excluding carboxylic acids is 2. The predicted molar refractivity (Wildman–Crippen MR) is 81.7 cm³/mol. The van der Waals surface area contributed by atoms with Gasteiger partial charge < -0.3 is 16.0 Å². The molecule has 2 saturated heterocycles.